The topological polar surface area (TPSA) is 214 Å². The molecule has 0 radical (unpaired) electrons. The van der Waals surface area contributed by atoms with Crippen molar-refractivity contribution >= 4 is 5.97 Å². The molecule has 11 unspecified atom stereocenters. The van der Waals surface area contributed by atoms with Gasteiger partial charge in [-0.25, -0.2) is 0 Å². The molecule has 7 N–H and O–H groups in total. The minimum absolute atomic E-state index is 0.0600. The molecular formula is C39H72O14. The second-order valence-electron chi connectivity index (χ2n) is 14.5. The van der Waals surface area contributed by atoms with Gasteiger partial charge in [0.1, 0.15) is 54.9 Å². The molecule has 2 heterocycles. The third-order valence-electron chi connectivity index (χ3n) is 9.77. The first-order valence-corrected chi connectivity index (χ1v) is 20.3. The van der Waals surface area contributed by atoms with E-state index < -0.39 is 80.7 Å². The average Bonchev–Trinajstić information content (AvgIpc) is 3.15. The van der Waals surface area contributed by atoms with Crippen LogP contribution in [0, 0.1) is 0 Å². The van der Waals surface area contributed by atoms with Crippen LogP contribution in [0.5, 0.6) is 0 Å². The predicted molar refractivity (Wildman–Crippen MR) is 197 cm³/mol. The van der Waals surface area contributed by atoms with Crippen molar-refractivity contribution in [1.29, 1.82) is 0 Å². The number of rotatable bonds is 30. The van der Waals surface area contributed by atoms with Crippen molar-refractivity contribution in [2.24, 2.45) is 0 Å². The van der Waals surface area contributed by atoms with E-state index in [1.54, 1.807) is 0 Å². The van der Waals surface area contributed by atoms with Crippen LogP contribution < -0.4 is 0 Å². The van der Waals surface area contributed by atoms with Crippen molar-refractivity contribution in [3.05, 3.63) is 12.2 Å². The molecule has 0 saturated carbocycles. The van der Waals surface area contributed by atoms with Crippen LogP contribution in [0.2, 0.25) is 0 Å². The van der Waals surface area contributed by atoms with Crippen molar-refractivity contribution in [1.82, 2.24) is 0 Å². The second-order valence-corrected chi connectivity index (χ2v) is 14.5. The molecule has 53 heavy (non-hydrogen) atoms. The summed E-state index contributed by atoms with van der Waals surface area (Å²) in [4.78, 5) is 12.8. The Hall–Kier alpha value is -1.27. The summed E-state index contributed by atoms with van der Waals surface area (Å²) in [5.74, 6) is -0.390. The van der Waals surface area contributed by atoms with Gasteiger partial charge in [-0.1, -0.05) is 96.6 Å². The third-order valence-corrected chi connectivity index (χ3v) is 9.77. The smallest absolute Gasteiger partial charge is 0.306 e. The van der Waals surface area contributed by atoms with Crippen LogP contribution in [0.1, 0.15) is 129 Å². The fraction of sp³-hybridized carbons (Fsp3) is 0.923. The number of hydrogen-bond acceptors (Lipinski definition) is 14. The van der Waals surface area contributed by atoms with E-state index in [2.05, 4.69) is 26.0 Å². The minimum atomic E-state index is -1.70. The van der Waals surface area contributed by atoms with Crippen molar-refractivity contribution in [3.8, 4) is 0 Å². The molecule has 0 aromatic carbocycles. The van der Waals surface area contributed by atoms with Gasteiger partial charge in [-0.2, -0.15) is 0 Å². The van der Waals surface area contributed by atoms with Crippen LogP contribution >= 0.6 is 0 Å². The van der Waals surface area contributed by atoms with Crippen molar-refractivity contribution in [3.63, 3.8) is 0 Å². The lowest BCUT2D eigenvalue weighted by atomic mass is 9.98. The maximum atomic E-state index is 12.8. The standard InChI is InChI=1S/C39H72O14/c1-3-5-7-9-11-12-13-14-15-16-17-18-20-22-31(41)51-28(25-48-23-21-19-10-8-6-4-2)26-49-38-37(47)35(45)33(43)30(53-38)27-50-39-36(46)34(44)32(42)29(24-40)52-39/h12-13,28-30,32-40,42-47H,3-11,14-27H2,1-2H3/b13-12-. The molecule has 0 aromatic heterocycles. The molecule has 0 aromatic rings. The summed E-state index contributed by atoms with van der Waals surface area (Å²) in [7, 11) is 0. The molecule has 0 aliphatic carbocycles. The van der Waals surface area contributed by atoms with Crippen LogP contribution in [-0.4, -0.2) is 142 Å². The Kier molecular flexibility index (Phi) is 26.2. The van der Waals surface area contributed by atoms with E-state index in [0.717, 1.165) is 57.8 Å². The number of hydrogen-bond donors (Lipinski definition) is 7. The van der Waals surface area contributed by atoms with Gasteiger partial charge in [-0.3, -0.25) is 4.79 Å². The monoisotopic (exact) mass is 764 g/mol. The predicted octanol–water partition coefficient (Wildman–Crippen LogP) is 3.17. The van der Waals surface area contributed by atoms with Gasteiger partial charge < -0.3 is 64.2 Å². The van der Waals surface area contributed by atoms with Crippen LogP contribution in [0.4, 0.5) is 0 Å². The summed E-state index contributed by atoms with van der Waals surface area (Å²) in [6.45, 7) is 3.57. The summed E-state index contributed by atoms with van der Waals surface area (Å²) in [6, 6.07) is 0. The van der Waals surface area contributed by atoms with Crippen molar-refractivity contribution in [2.75, 3.05) is 33.0 Å². The first-order valence-electron chi connectivity index (χ1n) is 20.3. The van der Waals surface area contributed by atoms with Crippen LogP contribution in [0.25, 0.3) is 0 Å². The number of aliphatic hydroxyl groups excluding tert-OH is 7. The van der Waals surface area contributed by atoms with E-state index in [9.17, 15) is 40.5 Å². The number of carbonyl (C=O) groups excluding carboxylic acids is 1. The Morgan fingerprint density at radius 1 is 0.604 bits per heavy atom. The lowest BCUT2D eigenvalue weighted by Crippen LogP contribution is -2.61. The Morgan fingerprint density at radius 2 is 1.11 bits per heavy atom. The second kappa shape index (κ2) is 29.0. The molecule has 0 amide bonds. The van der Waals surface area contributed by atoms with E-state index in [4.69, 9.17) is 28.4 Å². The molecule has 11 atom stereocenters. The van der Waals surface area contributed by atoms with Gasteiger partial charge in [0.05, 0.1) is 26.4 Å². The first kappa shape index (κ1) is 47.9. The highest BCUT2D eigenvalue weighted by atomic mass is 16.7. The van der Waals surface area contributed by atoms with Crippen LogP contribution in [0.15, 0.2) is 12.2 Å². The van der Waals surface area contributed by atoms with Crippen molar-refractivity contribution < 1.29 is 69.0 Å². The number of carbonyl (C=O) groups is 1. The number of aliphatic hydroxyl groups is 7. The van der Waals surface area contributed by atoms with Gasteiger partial charge >= 0.3 is 5.97 Å². The van der Waals surface area contributed by atoms with Gasteiger partial charge in [0.2, 0.25) is 0 Å². The highest BCUT2D eigenvalue weighted by Gasteiger charge is 2.47. The molecule has 2 aliphatic rings. The highest BCUT2D eigenvalue weighted by molar-refractivity contribution is 5.69. The van der Waals surface area contributed by atoms with Crippen LogP contribution in [-0.2, 0) is 33.2 Å². The summed E-state index contributed by atoms with van der Waals surface area (Å²) in [5.41, 5.74) is 0. The maximum absolute atomic E-state index is 12.8. The molecule has 0 bridgehead atoms. The van der Waals surface area contributed by atoms with Gasteiger partial charge in [0, 0.05) is 13.0 Å². The molecule has 14 nitrogen and oxygen atoms in total. The Labute approximate surface area is 316 Å². The lowest BCUT2D eigenvalue weighted by Gasteiger charge is -2.42. The largest absolute Gasteiger partial charge is 0.457 e. The SMILES string of the molecule is CCCCCC/C=C\CCCCCCCC(=O)OC(COCCCCCCCC)COC1OC(COC2OC(CO)C(O)C(O)C2O)C(O)C(O)C1O. The van der Waals surface area contributed by atoms with E-state index >= 15 is 0 Å². The zero-order chi connectivity index (χ0) is 38.8. The Bertz CT molecular complexity index is 938. The number of unbranched alkanes of at least 4 members (excludes halogenated alkanes) is 14. The highest BCUT2D eigenvalue weighted by Crippen LogP contribution is 2.26. The molecule has 312 valence electrons. The summed E-state index contributed by atoms with van der Waals surface area (Å²) in [5, 5.41) is 71.5. The van der Waals surface area contributed by atoms with Crippen molar-refractivity contribution in [2.45, 2.75) is 197 Å². The Balaban J connectivity index is 1.84. The molecule has 0 spiro atoms. The van der Waals surface area contributed by atoms with E-state index in [0.29, 0.717) is 13.0 Å². The maximum Gasteiger partial charge on any atom is 0.306 e. The summed E-state index contributed by atoms with van der Waals surface area (Å²) < 4.78 is 33.9. The summed E-state index contributed by atoms with van der Waals surface area (Å²) >= 11 is 0. The number of esters is 1. The molecule has 2 rings (SSSR count). The number of allylic oxidation sites excluding steroid dienone is 2. The zero-order valence-electron chi connectivity index (χ0n) is 32.3. The molecule has 2 aliphatic heterocycles. The molecule has 14 heteroatoms. The molecule has 2 saturated heterocycles. The Morgan fingerprint density at radius 3 is 1.74 bits per heavy atom. The fourth-order valence-electron chi connectivity index (χ4n) is 6.34. The molecule has 2 fully saturated rings. The van der Waals surface area contributed by atoms with E-state index in [1.165, 1.54) is 44.9 Å². The van der Waals surface area contributed by atoms with E-state index in [-0.39, 0.29) is 25.6 Å². The van der Waals surface area contributed by atoms with Gasteiger partial charge in [-0.15, -0.1) is 0 Å². The van der Waals surface area contributed by atoms with Crippen LogP contribution in [0.3, 0.4) is 0 Å². The number of ether oxygens (including phenoxy) is 6. The lowest BCUT2D eigenvalue weighted by molar-refractivity contribution is -0.332. The van der Waals surface area contributed by atoms with Gasteiger partial charge in [-0.05, 0) is 38.5 Å². The summed E-state index contributed by atoms with van der Waals surface area (Å²) in [6.07, 6.45) is 7.47. The quantitative estimate of drug-likeness (QED) is 0.0318. The van der Waals surface area contributed by atoms with Gasteiger partial charge in [0.15, 0.2) is 12.6 Å². The minimum Gasteiger partial charge on any atom is -0.457 e. The first-order chi connectivity index (χ1) is 25.6. The van der Waals surface area contributed by atoms with Gasteiger partial charge in [0.25, 0.3) is 0 Å². The zero-order valence-corrected chi connectivity index (χ0v) is 32.3. The third kappa shape index (κ3) is 19.0. The fourth-order valence-corrected chi connectivity index (χ4v) is 6.34. The molecular weight excluding hydrogens is 692 g/mol. The average molecular weight is 765 g/mol. The van der Waals surface area contributed by atoms with E-state index in [1.807, 2.05) is 0 Å². The normalized spacial score (nSPS) is 29.8.